The highest BCUT2D eigenvalue weighted by Gasteiger charge is 2.31. The number of anilines is 1. The summed E-state index contributed by atoms with van der Waals surface area (Å²) in [4.78, 5) is 8.93. The van der Waals surface area contributed by atoms with Gasteiger partial charge in [-0.15, -0.1) is 0 Å². The summed E-state index contributed by atoms with van der Waals surface area (Å²) in [6, 6.07) is 0. The summed E-state index contributed by atoms with van der Waals surface area (Å²) in [6.07, 6.45) is 0.635. The van der Waals surface area contributed by atoms with Crippen molar-refractivity contribution in [2.75, 3.05) is 23.4 Å². The van der Waals surface area contributed by atoms with Crippen LogP contribution in [0.1, 0.15) is 36.3 Å². The van der Waals surface area contributed by atoms with E-state index in [0.717, 1.165) is 23.6 Å². The molecule has 1 unspecified atom stereocenters. The maximum Gasteiger partial charge on any atom is 0.151 e. The van der Waals surface area contributed by atoms with E-state index in [4.69, 9.17) is 0 Å². The molecule has 0 spiro atoms. The van der Waals surface area contributed by atoms with Gasteiger partial charge < -0.3 is 5.32 Å². The number of hydrogen-bond acceptors (Lipinski definition) is 5. The fourth-order valence-electron chi connectivity index (χ4n) is 2.17. The van der Waals surface area contributed by atoms with Crippen LogP contribution in [0.15, 0.2) is 0 Å². The van der Waals surface area contributed by atoms with Gasteiger partial charge in [0.25, 0.3) is 0 Å². The molecule has 1 aliphatic heterocycles. The number of nitrogens with one attached hydrogen (secondary N) is 1. The van der Waals surface area contributed by atoms with Gasteiger partial charge in [0.05, 0.1) is 11.5 Å². The lowest BCUT2D eigenvalue weighted by Crippen LogP contribution is -2.12. The molecule has 1 N–H and O–H groups in total. The molecule has 0 aromatic carbocycles. The Morgan fingerprint density at radius 1 is 1.33 bits per heavy atom. The van der Waals surface area contributed by atoms with Gasteiger partial charge in [0.15, 0.2) is 9.84 Å². The number of aromatic nitrogens is 2. The van der Waals surface area contributed by atoms with E-state index in [-0.39, 0.29) is 17.4 Å². The highest BCUT2D eigenvalue weighted by atomic mass is 32.2. The minimum atomic E-state index is -2.89. The van der Waals surface area contributed by atoms with Gasteiger partial charge in [-0.3, -0.25) is 0 Å². The molecule has 1 atom stereocenters. The number of nitrogens with zero attached hydrogens (tertiary/aromatic N) is 2. The summed E-state index contributed by atoms with van der Waals surface area (Å²) in [5.74, 6) is 1.87. The predicted octanol–water partition coefficient (Wildman–Crippen LogP) is 1.43. The second-order valence-electron chi connectivity index (χ2n) is 4.77. The van der Waals surface area contributed by atoms with Crippen LogP contribution in [0.25, 0.3) is 0 Å². The van der Waals surface area contributed by atoms with E-state index in [0.29, 0.717) is 12.2 Å². The smallest absolute Gasteiger partial charge is 0.151 e. The van der Waals surface area contributed by atoms with Crippen molar-refractivity contribution >= 4 is 15.7 Å². The number of hydrogen-bond donors (Lipinski definition) is 1. The fourth-order valence-corrected chi connectivity index (χ4v) is 3.91. The van der Waals surface area contributed by atoms with Crippen LogP contribution in [0.4, 0.5) is 5.82 Å². The van der Waals surface area contributed by atoms with Gasteiger partial charge >= 0.3 is 0 Å². The molecule has 2 rings (SSSR count). The van der Waals surface area contributed by atoms with Gasteiger partial charge in [-0.2, -0.15) is 0 Å². The zero-order valence-corrected chi connectivity index (χ0v) is 11.8. The Kier molecular flexibility index (Phi) is 3.56. The summed E-state index contributed by atoms with van der Waals surface area (Å²) in [7, 11) is -2.89. The first-order valence-electron chi connectivity index (χ1n) is 6.22. The molecule has 6 heteroatoms. The van der Waals surface area contributed by atoms with E-state index in [9.17, 15) is 8.42 Å². The van der Waals surface area contributed by atoms with Crippen molar-refractivity contribution in [1.82, 2.24) is 9.97 Å². The summed E-state index contributed by atoms with van der Waals surface area (Å²) in [5, 5.41) is 3.20. The molecule has 2 heterocycles. The predicted molar refractivity (Wildman–Crippen MR) is 71.7 cm³/mol. The first-order valence-corrected chi connectivity index (χ1v) is 8.04. The van der Waals surface area contributed by atoms with E-state index < -0.39 is 9.84 Å². The van der Waals surface area contributed by atoms with Crippen molar-refractivity contribution in [2.24, 2.45) is 0 Å². The normalized spacial score (nSPS) is 22.1. The second kappa shape index (κ2) is 4.84. The highest BCUT2D eigenvalue weighted by molar-refractivity contribution is 7.91. The standard InChI is InChI=1S/C12H19N3O2S/c1-4-13-11-8(2)9(3)14-12(15-11)10-5-6-18(16,17)7-10/h10H,4-7H2,1-3H3,(H,13,14,15). The van der Waals surface area contributed by atoms with Gasteiger partial charge in [0.1, 0.15) is 11.6 Å². The summed E-state index contributed by atoms with van der Waals surface area (Å²) < 4.78 is 23.0. The molecule has 1 saturated heterocycles. The second-order valence-corrected chi connectivity index (χ2v) is 7.00. The van der Waals surface area contributed by atoms with Gasteiger partial charge in [-0.1, -0.05) is 0 Å². The molecule has 0 radical (unpaired) electrons. The third kappa shape index (κ3) is 2.63. The molecule has 1 aromatic heterocycles. The maximum atomic E-state index is 11.5. The van der Waals surface area contributed by atoms with Crippen molar-refractivity contribution in [3.63, 3.8) is 0 Å². The molecule has 18 heavy (non-hydrogen) atoms. The van der Waals surface area contributed by atoms with E-state index in [1.165, 1.54) is 0 Å². The lowest BCUT2D eigenvalue weighted by Gasteiger charge is -2.13. The van der Waals surface area contributed by atoms with Crippen LogP contribution >= 0.6 is 0 Å². The first kappa shape index (κ1) is 13.3. The maximum absolute atomic E-state index is 11.5. The van der Waals surface area contributed by atoms with E-state index >= 15 is 0 Å². The average molecular weight is 269 g/mol. The molecule has 0 amide bonds. The Bertz CT molecular complexity index is 555. The molecule has 1 aromatic rings. The van der Waals surface area contributed by atoms with Crippen molar-refractivity contribution in [1.29, 1.82) is 0 Å². The molecule has 0 saturated carbocycles. The summed E-state index contributed by atoms with van der Waals surface area (Å²) in [6.45, 7) is 6.71. The third-order valence-corrected chi connectivity index (χ3v) is 5.12. The largest absolute Gasteiger partial charge is 0.370 e. The van der Waals surface area contributed by atoms with Crippen molar-refractivity contribution < 1.29 is 8.42 Å². The molecule has 0 aliphatic carbocycles. The molecule has 5 nitrogen and oxygen atoms in total. The molecule has 1 fully saturated rings. The van der Waals surface area contributed by atoms with Gasteiger partial charge in [-0.25, -0.2) is 18.4 Å². The van der Waals surface area contributed by atoms with Gasteiger partial charge in [-0.05, 0) is 27.2 Å². The van der Waals surface area contributed by atoms with Crippen LogP contribution in [0, 0.1) is 13.8 Å². The van der Waals surface area contributed by atoms with Gasteiger partial charge in [0, 0.05) is 23.7 Å². The number of aryl methyl sites for hydroxylation is 1. The lowest BCUT2D eigenvalue weighted by molar-refractivity contribution is 0.601. The first-order chi connectivity index (χ1) is 8.43. The highest BCUT2D eigenvalue weighted by Crippen LogP contribution is 2.28. The van der Waals surface area contributed by atoms with Crippen molar-refractivity contribution in [2.45, 2.75) is 33.1 Å². The Hall–Kier alpha value is -1.17. The minimum absolute atomic E-state index is 0.0493. The molecule has 1 aliphatic rings. The van der Waals surface area contributed by atoms with Crippen LogP contribution in [-0.2, 0) is 9.84 Å². The van der Waals surface area contributed by atoms with Crippen molar-refractivity contribution in [3.05, 3.63) is 17.1 Å². The molecule has 100 valence electrons. The van der Waals surface area contributed by atoms with Gasteiger partial charge in [0.2, 0.25) is 0 Å². The van der Waals surface area contributed by atoms with Crippen LogP contribution < -0.4 is 5.32 Å². The molecule has 0 bridgehead atoms. The van der Waals surface area contributed by atoms with E-state index in [1.54, 1.807) is 0 Å². The van der Waals surface area contributed by atoms with Crippen LogP contribution in [0.2, 0.25) is 0 Å². The quantitative estimate of drug-likeness (QED) is 0.898. The van der Waals surface area contributed by atoms with Crippen LogP contribution in [0.3, 0.4) is 0 Å². The monoisotopic (exact) mass is 269 g/mol. The molecular weight excluding hydrogens is 250 g/mol. The minimum Gasteiger partial charge on any atom is -0.370 e. The summed E-state index contributed by atoms with van der Waals surface area (Å²) >= 11 is 0. The number of sulfone groups is 1. The van der Waals surface area contributed by atoms with E-state index in [1.807, 2.05) is 20.8 Å². The topological polar surface area (TPSA) is 72.0 Å². The molecular formula is C12H19N3O2S. The fraction of sp³-hybridized carbons (Fsp3) is 0.667. The Morgan fingerprint density at radius 3 is 2.61 bits per heavy atom. The zero-order valence-electron chi connectivity index (χ0n) is 11.0. The van der Waals surface area contributed by atoms with E-state index in [2.05, 4.69) is 15.3 Å². The Labute approximate surface area is 108 Å². The number of rotatable bonds is 3. The Morgan fingerprint density at radius 2 is 2.06 bits per heavy atom. The van der Waals surface area contributed by atoms with Crippen LogP contribution in [-0.4, -0.2) is 36.4 Å². The third-order valence-electron chi connectivity index (χ3n) is 3.35. The summed E-state index contributed by atoms with van der Waals surface area (Å²) in [5.41, 5.74) is 1.95. The SMILES string of the molecule is CCNc1nc(C2CCS(=O)(=O)C2)nc(C)c1C. The van der Waals surface area contributed by atoms with Crippen LogP contribution in [0.5, 0.6) is 0 Å². The zero-order chi connectivity index (χ0) is 13.3. The lowest BCUT2D eigenvalue weighted by atomic mass is 10.1. The average Bonchev–Trinajstić information content (AvgIpc) is 2.65. The Balaban J connectivity index is 2.34. The van der Waals surface area contributed by atoms with Crippen molar-refractivity contribution in [3.8, 4) is 0 Å².